The maximum Gasteiger partial charge on any atom is 0.241 e. The molecule has 0 fully saturated rings. The largest absolute Gasteiger partial charge is 0.396 e. The maximum absolute atomic E-state index is 11.6. The number of hydrogen-bond donors (Lipinski definition) is 2. The zero-order chi connectivity index (χ0) is 12.7. The quantitative estimate of drug-likeness (QED) is 0.713. The maximum atomic E-state index is 11.6. The number of carbonyl (C=O) groups is 1. The Hall–Kier alpha value is -1.43. The Morgan fingerprint density at radius 3 is 2.88 bits per heavy atom. The molecule has 0 aliphatic carbocycles. The van der Waals surface area contributed by atoms with E-state index in [9.17, 15) is 4.79 Å². The van der Waals surface area contributed by atoms with Crippen LogP contribution in [0.4, 0.5) is 0 Å². The smallest absolute Gasteiger partial charge is 0.241 e. The van der Waals surface area contributed by atoms with Gasteiger partial charge in [0.1, 0.15) is 19.2 Å². The molecule has 6 heteroatoms. The lowest BCUT2D eigenvalue weighted by molar-refractivity contribution is -0.122. The van der Waals surface area contributed by atoms with E-state index in [1.165, 1.54) is 17.3 Å². The SMILES string of the molecule is CC(C)(CCCO)CNC(=O)Cn1cncn1. The van der Waals surface area contributed by atoms with Crippen LogP contribution in [0.3, 0.4) is 0 Å². The lowest BCUT2D eigenvalue weighted by Crippen LogP contribution is -2.36. The molecule has 1 amide bonds. The van der Waals surface area contributed by atoms with Gasteiger partial charge < -0.3 is 10.4 Å². The molecule has 0 saturated heterocycles. The van der Waals surface area contributed by atoms with Gasteiger partial charge in [0.05, 0.1) is 0 Å². The van der Waals surface area contributed by atoms with Gasteiger partial charge in [-0.15, -0.1) is 0 Å². The third-order valence-electron chi connectivity index (χ3n) is 2.55. The van der Waals surface area contributed by atoms with Crippen LogP contribution in [0.15, 0.2) is 12.7 Å². The van der Waals surface area contributed by atoms with Gasteiger partial charge in [0, 0.05) is 13.2 Å². The van der Waals surface area contributed by atoms with Crippen LogP contribution in [-0.4, -0.2) is 38.9 Å². The van der Waals surface area contributed by atoms with Crippen molar-refractivity contribution in [1.82, 2.24) is 20.1 Å². The molecule has 1 rings (SSSR count). The minimum Gasteiger partial charge on any atom is -0.396 e. The first-order valence-electron chi connectivity index (χ1n) is 5.73. The van der Waals surface area contributed by atoms with Crippen LogP contribution in [0.1, 0.15) is 26.7 Å². The number of rotatable bonds is 7. The highest BCUT2D eigenvalue weighted by atomic mass is 16.2. The summed E-state index contributed by atoms with van der Waals surface area (Å²) in [7, 11) is 0. The standard InChI is InChI=1S/C11H20N4O2/c1-11(2,4-3-5-16)7-13-10(17)6-15-9-12-8-14-15/h8-9,16H,3-7H2,1-2H3,(H,13,17). The van der Waals surface area contributed by atoms with Gasteiger partial charge >= 0.3 is 0 Å². The molecule has 1 heterocycles. The Morgan fingerprint density at radius 1 is 1.53 bits per heavy atom. The first-order valence-corrected chi connectivity index (χ1v) is 5.73. The van der Waals surface area contributed by atoms with Gasteiger partial charge in [-0.2, -0.15) is 5.10 Å². The van der Waals surface area contributed by atoms with E-state index in [2.05, 4.69) is 29.2 Å². The Kier molecular flexibility index (Phi) is 5.09. The number of amides is 1. The summed E-state index contributed by atoms with van der Waals surface area (Å²) in [5.74, 6) is -0.0763. The van der Waals surface area contributed by atoms with Crippen molar-refractivity contribution < 1.29 is 9.90 Å². The summed E-state index contributed by atoms with van der Waals surface area (Å²) in [5, 5.41) is 15.5. The van der Waals surface area contributed by atoms with E-state index in [0.29, 0.717) is 6.54 Å². The molecule has 0 aromatic carbocycles. The van der Waals surface area contributed by atoms with Crippen LogP contribution >= 0.6 is 0 Å². The van der Waals surface area contributed by atoms with Crippen molar-refractivity contribution >= 4 is 5.91 Å². The second kappa shape index (κ2) is 6.34. The highest BCUT2D eigenvalue weighted by Crippen LogP contribution is 2.20. The first kappa shape index (κ1) is 13.6. The summed E-state index contributed by atoms with van der Waals surface area (Å²) in [4.78, 5) is 15.4. The monoisotopic (exact) mass is 240 g/mol. The third-order valence-corrected chi connectivity index (χ3v) is 2.55. The minimum atomic E-state index is -0.0763. The summed E-state index contributed by atoms with van der Waals surface area (Å²) < 4.78 is 1.48. The summed E-state index contributed by atoms with van der Waals surface area (Å²) in [6, 6.07) is 0. The fourth-order valence-corrected chi connectivity index (χ4v) is 1.50. The Morgan fingerprint density at radius 2 is 2.29 bits per heavy atom. The van der Waals surface area contributed by atoms with Crippen LogP contribution in [-0.2, 0) is 11.3 Å². The molecule has 0 saturated carbocycles. The van der Waals surface area contributed by atoms with Crippen molar-refractivity contribution in [1.29, 1.82) is 0 Å². The second-order valence-corrected chi connectivity index (χ2v) is 4.86. The highest BCUT2D eigenvalue weighted by molar-refractivity contribution is 5.75. The van der Waals surface area contributed by atoms with Gasteiger partial charge in [-0.05, 0) is 18.3 Å². The number of carbonyl (C=O) groups excluding carboxylic acids is 1. The second-order valence-electron chi connectivity index (χ2n) is 4.86. The molecule has 17 heavy (non-hydrogen) atoms. The Labute approximate surface area is 101 Å². The summed E-state index contributed by atoms with van der Waals surface area (Å²) in [6.07, 6.45) is 4.55. The van der Waals surface area contributed by atoms with Crippen molar-refractivity contribution in [3.05, 3.63) is 12.7 Å². The van der Waals surface area contributed by atoms with E-state index in [4.69, 9.17) is 5.11 Å². The van der Waals surface area contributed by atoms with Gasteiger partial charge in [-0.3, -0.25) is 4.79 Å². The zero-order valence-electron chi connectivity index (χ0n) is 10.4. The number of aromatic nitrogens is 3. The molecule has 0 bridgehead atoms. The van der Waals surface area contributed by atoms with Gasteiger partial charge in [-0.1, -0.05) is 13.8 Å². The Balaban J connectivity index is 2.27. The summed E-state index contributed by atoms with van der Waals surface area (Å²) in [6.45, 7) is 5.11. The molecule has 0 aliphatic rings. The van der Waals surface area contributed by atoms with E-state index >= 15 is 0 Å². The fourth-order valence-electron chi connectivity index (χ4n) is 1.50. The average molecular weight is 240 g/mol. The van der Waals surface area contributed by atoms with E-state index < -0.39 is 0 Å². The highest BCUT2D eigenvalue weighted by Gasteiger charge is 2.18. The van der Waals surface area contributed by atoms with E-state index in [0.717, 1.165) is 12.8 Å². The lowest BCUT2D eigenvalue weighted by atomic mass is 9.88. The molecule has 0 unspecified atom stereocenters. The predicted molar refractivity (Wildman–Crippen MR) is 63.1 cm³/mol. The van der Waals surface area contributed by atoms with Gasteiger partial charge in [0.25, 0.3) is 0 Å². The zero-order valence-corrected chi connectivity index (χ0v) is 10.4. The Bertz CT molecular complexity index is 335. The number of nitrogens with zero attached hydrogens (tertiary/aromatic N) is 3. The predicted octanol–water partition coefficient (Wildman–Crippen LogP) is 0.193. The molecule has 0 spiro atoms. The average Bonchev–Trinajstić information content (AvgIpc) is 2.77. The third kappa shape index (κ3) is 5.44. The molecule has 1 aromatic heterocycles. The topological polar surface area (TPSA) is 80.0 Å². The van der Waals surface area contributed by atoms with Gasteiger partial charge in [0.15, 0.2) is 0 Å². The van der Waals surface area contributed by atoms with Crippen molar-refractivity contribution in [3.63, 3.8) is 0 Å². The molecule has 96 valence electrons. The normalized spacial score (nSPS) is 11.5. The molecule has 0 aliphatic heterocycles. The number of aliphatic hydroxyl groups is 1. The van der Waals surface area contributed by atoms with Crippen molar-refractivity contribution in [2.75, 3.05) is 13.2 Å². The van der Waals surface area contributed by atoms with Gasteiger partial charge in [-0.25, -0.2) is 9.67 Å². The van der Waals surface area contributed by atoms with Crippen molar-refractivity contribution in [2.45, 2.75) is 33.2 Å². The molecule has 6 nitrogen and oxygen atoms in total. The first-order chi connectivity index (χ1) is 8.03. The van der Waals surface area contributed by atoms with E-state index in [1.54, 1.807) is 0 Å². The van der Waals surface area contributed by atoms with Crippen LogP contribution < -0.4 is 5.32 Å². The van der Waals surface area contributed by atoms with E-state index in [1.807, 2.05) is 0 Å². The lowest BCUT2D eigenvalue weighted by Gasteiger charge is -2.24. The molecule has 0 radical (unpaired) electrons. The molecule has 1 aromatic rings. The van der Waals surface area contributed by atoms with Crippen LogP contribution in [0.25, 0.3) is 0 Å². The van der Waals surface area contributed by atoms with Crippen LogP contribution in [0.5, 0.6) is 0 Å². The van der Waals surface area contributed by atoms with Gasteiger partial charge in [0.2, 0.25) is 5.91 Å². The van der Waals surface area contributed by atoms with Crippen molar-refractivity contribution in [2.24, 2.45) is 5.41 Å². The fraction of sp³-hybridized carbons (Fsp3) is 0.727. The van der Waals surface area contributed by atoms with Crippen molar-refractivity contribution in [3.8, 4) is 0 Å². The molecule has 2 N–H and O–H groups in total. The van der Waals surface area contributed by atoms with Crippen LogP contribution in [0.2, 0.25) is 0 Å². The van der Waals surface area contributed by atoms with Crippen LogP contribution in [0, 0.1) is 5.41 Å². The molecule has 0 atom stereocenters. The molecular weight excluding hydrogens is 220 g/mol. The summed E-state index contributed by atoms with van der Waals surface area (Å²) in [5.41, 5.74) is 0.000750. The minimum absolute atomic E-state index is 0.000750. The number of aliphatic hydroxyl groups excluding tert-OH is 1. The summed E-state index contributed by atoms with van der Waals surface area (Å²) >= 11 is 0. The number of hydrogen-bond acceptors (Lipinski definition) is 4. The molecular formula is C11H20N4O2. The number of nitrogens with one attached hydrogen (secondary N) is 1. The van der Waals surface area contributed by atoms with E-state index in [-0.39, 0.29) is 24.5 Å².